The van der Waals surface area contributed by atoms with Crippen LogP contribution in [0.2, 0.25) is 0 Å². The zero-order chi connectivity index (χ0) is 30.2. The van der Waals surface area contributed by atoms with Crippen LogP contribution < -0.4 is 14.2 Å². The lowest BCUT2D eigenvalue weighted by Crippen LogP contribution is -2.45. The first-order valence-electron chi connectivity index (χ1n) is 15.5. The number of carboxylic acid groups (broad SMARTS) is 1. The van der Waals surface area contributed by atoms with E-state index in [1.54, 1.807) is 7.11 Å². The first-order chi connectivity index (χ1) is 19.5. The Kier molecular flexibility index (Phi) is 12.1. The van der Waals surface area contributed by atoms with Gasteiger partial charge in [-0.2, -0.15) is 0 Å². The largest absolute Gasteiger partial charge is 0.493 e. The van der Waals surface area contributed by atoms with Gasteiger partial charge in [-0.15, -0.1) is 0 Å². The van der Waals surface area contributed by atoms with Gasteiger partial charge in [0.25, 0.3) is 0 Å². The molecule has 41 heavy (non-hydrogen) atoms. The van der Waals surface area contributed by atoms with E-state index < -0.39 is 11.9 Å². The summed E-state index contributed by atoms with van der Waals surface area (Å²) in [5, 5.41) is 10.6. The smallest absolute Gasteiger partial charge is 0.308 e. The zero-order valence-corrected chi connectivity index (χ0v) is 26.5. The van der Waals surface area contributed by atoms with Crippen LogP contribution in [0.25, 0.3) is 0 Å². The highest BCUT2D eigenvalue weighted by molar-refractivity contribution is 5.79. The summed E-state index contributed by atoms with van der Waals surface area (Å²) in [5.41, 5.74) is 0.852. The Morgan fingerprint density at radius 1 is 1.12 bits per heavy atom. The molecule has 9 nitrogen and oxygen atoms in total. The second kappa shape index (κ2) is 15.1. The van der Waals surface area contributed by atoms with E-state index >= 15 is 0 Å². The quantitative estimate of drug-likeness (QED) is 0.210. The lowest BCUT2D eigenvalue weighted by Gasteiger charge is -2.31. The number of benzene rings is 1. The first kappa shape index (κ1) is 33.0. The van der Waals surface area contributed by atoms with E-state index in [9.17, 15) is 14.7 Å². The Hall–Kier alpha value is -2.52. The van der Waals surface area contributed by atoms with Crippen molar-refractivity contribution in [2.24, 2.45) is 11.8 Å². The van der Waals surface area contributed by atoms with E-state index in [2.05, 4.69) is 46.8 Å². The van der Waals surface area contributed by atoms with Crippen LogP contribution in [-0.4, -0.2) is 105 Å². The molecule has 0 spiro atoms. The van der Waals surface area contributed by atoms with E-state index in [1.807, 2.05) is 17.0 Å². The predicted molar refractivity (Wildman–Crippen MR) is 161 cm³/mol. The van der Waals surface area contributed by atoms with E-state index in [4.69, 9.17) is 14.2 Å². The summed E-state index contributed by atoms with van der Waals surface area (Å²) in [7, 11) is 8.16. The molecule has 4 atom stereocenters. The molecule has 0 aromatic heterocycles. The summed E-state index contributed by atoms with van der Waals surface area (Å²) in [4.78, 5) is 30.8. The number of amides is 1. The molecule has 1 N–H and O–H groups in total. The summed E-state index contributed by atoms with van der Waals surface area (Å²) in [6, 6.07) is 3.54. The number of methoxy groups -OCH3 is 1. The zero-order valence-electron chi connectivity index (χ0n) is 26.5. The van der Waals surface area contributed by atoms with Crippen molar-refractivity contribution < 1.29 is 33.4 Å². The summed E-state index contributed by atoms with van der Waals surface area (Å²) in [6.07, 6.45) is 6.85. The molecule has 1 amide bonds. The number of nitrogens with zero attached hydrogens (tertiary/aromatic N) is 3. The number of carboxylic acids is 1. The number of carbonyl (C=O) groups is 2. The lowest BCUT2D eigenvalue weighted by molar-refractivity contribution is -0.870. The molecule has 1 aromatic carbocycles. The molecule has 2 aliphatic heterocycles. The van der Waals surface area contributed by atoms with Gasteiger partial charge in [-0.05, 0) is 49.3 Å². The fourth-order valence-corrected chi connectivity index (χ4v) is 6.38. The molecule has 0 aliphatic carbocycles. The van der Waals surface area contributed by atoms with Gasteiger partial charge >= 0.3 is 5.97 Å². The van der Waals surface area contributed by atoms with Gasteiger partial charge < -0.3 is 28.7 Å². The molecule has 3 rings (SSSR count). The predicted octanol–water partition coefficient (Wildman–Crippen LogP) is 4.83. The molecule has 232 valence electrons. The van der Waals surface area contributed by atoms with E-state index in [0.29, 0.717) is 29.7 Å². The molecule has 1 fully saturated rings. The van der Waals surface area contributed by atoms with Crippen molar-refractivity contribution in [1.82, 2.24) is 9.80 Å². The molecule has 2 heterocycles. The second-order valence-electron chi connectivity index (χ2n) is 13.0. The lowest BCUT2D eigenvalue weighted by atomic mass is 9.81. The summed E-state index contributed by atoms with van der Waals surface area (Å²) in [6.45, 7) is 9.91. The minimum absolute atomic E-state index is 0.102. The number of unbranched alkanes of at least 4 members (excludes halogenated alkanes) is 2. The van der Waals surface area contributed by atoms with Crippen LogP contribution in [0.5, 0.6) is 17.2 Å². The summed E-state index contributed by atoms with van der Waals surface area (Å²) in [5.74, 6) is 0.386. The molecule has 1 saturated heterocycles. The van der Waals surface area contributed by atoms with Crippen LogP contribution >= 0.6 is 0 Å². The van der Waals surface area contributed by atoms with Crippen LogP contribution in [-0.2, 0) is 9.59 Å². The van der Waals surface area contributed by atoms with Gasteiger partial charge in [-0.1, -0.05) is 40.0 Å². The maximum absolute atomic E-state index is 13.8. The Morgan fingerprint density at radius 3 is 2.49 bits per heavy atom. The monoisotopic (exact) mass is 576 g/mol. The molecule has 9 heteroatoms. The van der Waals surface area contributed by atoms with Crippen LogP contribution in [0.1, 0.15) is 77.2 Å². The molecule has 2 aliphatic rings. The SMILES string of the molecule is CCCCN(CCCC[N+](C)(C)C)C(=O)CN1CC(c2cc(OC)c3c(c2)OCO3)C(C(=O)O)C1CC(C)CCC. The van der Waals surface area contributed by atoms with Crippen LogP contribution in [0.15, 0.2) is 12.1 Å². The maximum Gasteiger partial charge on any atom is 0.308 e. The van der Waals surface area contributed by atoms with Crippen LogP contribution in [0.4, 0.5) is 0 Å². The fraction of sp³-hybridized carbons (Fsp3) is 0.750. The third-order valence-corrected chi connectivity index (χ3v) is 8.55. The first-order valence-corrected chi connectivity index (χ1v) is 15.5. The van der Waals surface area contributed by atoms with Crippen molar-refractivity contribution in [3.05, 3.63) is 17.7 Å². The highest BCUT2D eigenvalue weighted by Gasteiger charge is 2.48. The number of aliphatic carboxylic acids is 1. The van der Waals surface area contributed by atoms with Crippen molar-refractivity contribution in [1.29, 1.82) is 0 Å². The van der Waals surface area contributed by atoms with Gasteiger partial charge in [-0.25, -0.2) is 0 Å². The average molecular weight is 577 g/mol. The average Bonchev–Trinajstić information content (AvgIpc) is 3.52. The number of likely N-dealkylation sites (tertiary alicyclic amines) is 1. The summed E-state index contributed by atoms with van der Waals surface area (Å²) < 4.78 is 17.7. The molecule has 4 unspecified atom stereocenters. The number of hydrogen-bond donors (Lipinski definition) is 1. The third-order valence-electron chi connectivity index (χ3n) is 8.55. The van der Waals surface area contributed by atoms with Crippen molar-refractivity contribution in [2.45, 2.75) is 77.7 Å². The highest BCUT2D eigenvalue weighted by atomic mass is 16.7. The number of quaternary nitrogens is 1. The Bertz CT molecular complexity index is 1010. The van der Waals surface area contributed by atoms with Crippen molar-refractivity contribution in [3.8, 4) is 17.2 Å². The highest BCUT2D eigenvalue weighted by Crippen LogP contribution is 2.47. The summed E-state index contributed by atoms with van der Waals surface area (Å²) >= 11 is 0. The molecule has 0 saturated carbocycles. The molecule has 1 aromatic rings. The molecule has 0 bridgehead atoms. The standard InChI is InChI=1S/C32H53N3O6/c1-8-10-14-33(15-11-12-16-35(4,5)6)29(36)21-34-20-25(30(32(37)38)26(34)17-23(3)13-9-2)24-18-27(39-7)31-28(19-24)40-22-41-31/h18-19,23,25-26,30H,8-17,20-22H2,1-7H3/p+1. The van der Waals surface area contributed by atoms with Crippen molar-refractivity contribution >= 4 is 11.9 Å². The van der Waals surface area contributed by atoms with Crippen molar-refractivity contribution in [3.63, 3.8) is 0 Å². The van der Waals surface area contributed by atoms with Crippen LogP contribution in [0, 0.1) is 11.8 Å². The molecular weight excluding hydrogens is 522 g/mol. The van der Waals surface area contributed by atoms with Gasteiger partial charge in [0.15, 0.2) is 11.5 Å². The molecular formula is C32H54N3O6+. The van der Waals surface area contributed by atoms with Gasteiger partial charge in [0.1, 0.15) is 0 Å². The number of fused-ring (bicyclic) bond motifs is 1. The van der Waals surface area contributed by atoms with Gasteiger partial charge in [0.05, 0.1) is 47.3 Å². The number of ether oxygens (including phenoxy) is 3. The Labute approximate surface area is 247 Å². The Balaban J connectivity index is 1.86. The molecule has 0 radical (unpaired) electrons. The van der Waals surface area contributed by atoms with Gasteiger partial charge in [0, 0.05) is 31.6 Å². The van der Waals surface area contributed by atoms with E-state index in [1.165, 1.54) is 0 Å². The number of carbonyl (C=O) groups excluding carboxylic acids is 1. The second-order valence-corrected chi connectivity index (χ2v) is 13.0. The van der Waals surface area contributed by atoms with E-state index in [-0.39, 0.29) is 31.2 Å². The topological polar surface area (TPSA) is 88.5 Å². The minimum atomic E-state index is -0.821. The fourth-order valence-electron chi connectivity index (χ4n) is 6.38. The van der Waals surface area contributed by atoms with Crippen LogP contribution in [0.3, 0.4) is 0 Å². The van der Waals surface area contributed by atoms with Crippen molar-refractivity contribution in [2.75, 3.05) is 67.8 Å². The van der Waals surface area contributed by atoms with E-state index in [0.717, 1.165) is 74.6 Å². The Morgan fingerprint density at radius 2 is 1.85 bits per heavy atom. The normalized spacial score (nSPS) is 21.2. The third kappa shape index (κ3) is 8.98. The van der Waals surface area contributed by atoms with Gasteiger partial charge in [-0.3, -0.25) is 14.5 Å². The minimum Gasteiger partial charge on any atom is -0.493 e. The number of rotatable bonds is 17. The van der Waals surface area contributed by atoms with Gasteiger partial charge in [0.2, 0.25) is 18.4 Å². The number of hydrogen-bond acceptors (Lipinski definition) is 6. The maximum atomic E-state index is 13.8.